The van der Waals surface area contributed by atoms with Crippen molar-refractivity contribution in [3.63, 3.8) is 0 Å². The SMILES string of the molecule is C[C@@H](N[C@@H](C(=O)NC(N)=O)c1ccccc1)c1ccc(F)cc1F. The van der Waals surface area contributed by atoms with Crippen molar-refractivity contribution in [2.45, 2.75) is 19.0 Å². The minimum absolute atomic E-state index is 0.198. The van der Waals surface area contributed by atoms with Crippen LogP contribution in [-0.4, -0.2) is 11.9 Å². The largest absolute Gasteiger partial charge is 0.351 e. The van der Waals surface area contributed by atoms with Crippen molar-refractivity contribution < 1.29 is 18.4 Å². The molecule has 0 unspecified atom stereocenters. The van der Waals surface area contributed by atoms with Crippen LogP contribution in [0.3, 0.4) is 0 Å². The first kappa shape index (κ1) is 17.6. The number of carbonyl (C=O) groups is 2. The molecule has 7 heteroatoms. The zero-order chi connectivity index (χ0) is 17.7. The molecule has 0 saturated carbocycles. The second-order valence-electron chi connectivity index (χ2n) is 5.25. The van der Waals surface area contributed by atoms with Crippen molar-refractivity contribution >= 4 is 11.9 Å². The number of imide groups is 1. The fraction of sp³-hybridized carbons (Fsp3) is 0.176. The highest BCUT2D eigenvalue weighted by Crippen LogP contribution is 2.22. The first-order valence-corrected chi connectivity index (χ1v) is 7.24. The highest BCUT2D eigenvalue weighted by molar-refractivity contribution is 5.96. The first-order valence-electron chi connectivity index (χ1n) is 7.24. The molecule has 2 atom stereocenters. The van der Waals surface area contributed by atoms with E-state index in [0.717, 1.165) is 12.1 Å². The van der Waals surface area contributed by atoms with Gasteiger partial charge in [0.15, 0.2) is 0 Å². The van der Waals surface area contributed by atoms with Crippen LogP contribution in [0.2, 0.25) is 0 Å². The summed E-state index contributed by atoms with van der Waals surface area (Å²) in [5.41, 5.74) is 5.76. The van der Waals surface area contributed by atoms with Crippen LogP contribution < -0.4 is 16.4 Å². The second kappa shape index (κ2) is 7.65. The molecule has 2 aromatic rings. The number of urea groups is 1. The zero-order valence-corrected chi connectivity index (χ0v) is 12.9. The molecule has 0 fully saturated rings. The van der Waals surface area contributed by atoms with Crippen LogP contribution in [0.15, 0.2) is 48.5 Å². The van der Waals surface area contributed by atoms with Gasteiger partial charge in [0, 0.05) is 17.7 Å². The fourth-order valence-electron chi connectivity index (χ4n) is 2.35. The van der Waals surface area contributed by atoms with Gasteiger partial charge in [0.2, 0.25) is 5.91 Å². The standard InChI is InChI=1S/C17H17F2N3O2/c1-10(13-8-7-12(18)9-14(13)19)21-15(16(23)22-17(20)24)11-5-3-2-4-6-11/h2-10,15,21H,1H3,(H3,20,22,23,24)/t10-,15-/m1/s1. The maximum Gasteiger partial charge on any atom is 0.318 e. The summed E-state index contributed by atoms with van der Waals surface area (Å²) in [6.45, 7) is 1.63. The average molecular weight is 333 g/mol. The van der Waals surface area contributed by atoms with Crippen molar-refractivity contribution in [2.24, 2.45) is 5.73 Å². The number of primary amides is 1. The molecule has 0 heterocycles. The van der Waals surface area contributed by atoms with Crippen LogP contribution in [0.25, 0.3) is 0 Å². The summed E-state index contributed by atoms with van der Waals surface area (Å²) < 4.78 is 26.9. The number of rotatable bonds is 5. The van der Waals surface area contributed by atoms with E-state index in [9.17, 15) is 18.4 Å². The Bertz CT molecular complexity index is 738. The van der Waals surface area contributed by atoms with Crippen LogP contribution in [0.4, 0.5) is 13.6 Å². The Labute approximate surface area is 137 Å². The minimum Gasteiger partial charge on any atom is -0.351 e. The number of halogens is 2. The minimum atomic E-state index is -0.983. The Hall–Kier alpha value is -2.80. The molecular formula is C17H17F2N3O2. The number of carbonyl (C=O) groups excluding carboxylic acids is 2. The molecule has 0 aliphatic rings. The molecule has 0 bridgehead atoms. The second-order valence-corrected chi connectivity index (χ2v) is 5.25. The highest BCUT2D eigenvalue weighted by Gasteiger charge is 2.24. The summed E-state index contributed by atoms with van der Waals surface area (Å²) in [4.78, 5) is 23.2. The molecule has 0 aliphatic carbocycles. The van der Waals surface area contributed by atoms with Gasteiger partial charge in [0.05, 0.1) is 0 Å². The summed E-state index contributed by atoms with van der Waals surface area (Å²) in [6.07, 6.45) is 0. The molecule has 0 radical (unpaired) electrons. The molecule has 5 nitrogen and oxygen atoms in total. The van der Waals surface area contributed by atoms with Crippen LogP contribution in [0.1, 0.15) is 30.1 Å². The van der Waals surface area contributed by atoms with Gasteiger partial charge in [0.25, 0.3) is 0 Å². The normalized spacial score (nSPS) is 13.1. The van der Waals surface area contributed by atoms with Crippen LogP contribution >= 0.6 is 0 Å². The molecule has 3 amide bonds. The first-order chi connectivity index (χ1) is 11.4. The summed E-state index contributed by atoms with van der Waals surface area (Å²) in [6, 6.07) is 9.28. The monoisotopic (exact) mass is 333 g/mol. The van der Waals surface area contributed by atoms with Gasteiger partial charge in [-0.05, 0) is 18.6 Å². The van der Waals surface area contributed by atoms with E-state index >= 15 is 0 Å². The lowest BCUT2D eigenvalue weighted by atomic mass is 10.0. The van der Waals surface area contributed by atoms with Crippen LogP contribution in [0.5, 0.6) is 0 Å². The van der Waals surface area contributed by atoms with Crippen molar-refractivity contribution in [2.75, 3.05) is 0 Å². The molecule has 0 saturated heterocycles. The molecule has 0 aromatic heterocycles. The molecule has 4 N–H and O–H groups in total. The Kier molecular flexibility index (Phi) is 5.59. The molecule has 24 heavy (non-hydrogen) atoms. The van der Waals surface area contributed by atoms with Gasteiger partial charge in [-0.2, -0.15) is 0 Å². The van der Waals surface area contributed by atoms with E-state index in [-0.39, 0.29) is 5.56 Å². The van der Waals surface area contributed by atoms with E-state index < -0.39 is 35.7 Å². The van der Waals surface area contributed by atoms with Gasteiger partial charge in [-0.3, -0.25) is 15.4 Å². The van der Waals surface area contributed by atoms with E-state index in [2.05, 4.69) is 5.32 Å². The fourth-order valence-corrected chi connectivity index (χ4v) is 2.35. The average Bonchev–Trinajstić information content (AvgIpc) is 2.52. The third kappa shape index (κ3) is 4.36. The number of nitrogens with two attached hydrogens (primary N) is 1. The van der Waals surface area contributed by atoms with Gasteiger partial charge >= 0.3 is 6.03 Å². The van der Waals surface area contributed by atoms with Gasteiger partial charge in [-0.1, -0.05) is 36.4 Å². The zero-order valence-electron chi connectivity index (χ0n) is 12.9. The van der Waals surface area contributed by atoms with E-state index in [1.54, 1.807) is 37.3 Å². The third-order valence-electron chi connectivity index (χ3n) is 3.49. The molecule has 2 rings (SSSR count). The smallest absolute Gasteiger partial charge is 0.318 e. The molecule has 2 aromatic carbocycles. The van der Waals surface area contributed by atoms with Gasteiger partial charge in [-0.25, -0.2) is 13.6 Å². The van der Waals surface area contributed by atoms with Crippen molar-refractivity contribution in [1.82, 2.24) is 10.6 Å². The predicted molar refractivity (Wildman–Crippen MR) is 84.8 cm³/mol. The third-order valence-corrected chi connectivity index (χ3v) is 3.49. The number of nitrogens with one attached hydrogen (secondary N) is 2. The van der Waals surface area contributed by atoms with Crippen molar-refractivity contribution in [1.29, 1.82) is 0 Å². The van der Waals surface area contributed by atoms with Gasteiger partial charge in [-0.15, -0.1) is 0 Å². The Morgan fingerprint density at radius 2 is 1.75 bits per heavy atom. The summed E-state index contributed by atoms with van der Waals surface area (Å²) >= 11 is 0. The van der Waals surface area contributed by atoms with Crippen molar-refractivity contribution in [3.8, 4) is 0 Å². The van der Waals surface area contributed by atoms with E-state index in [0.29, 0.717) is 5.56 Å². The lowest BCUT2D eigenvalue weighted by molar-refractivity contribution is -0.122. The Morgan fingerprint density at radius 1 is 1.08 bits per heavy atom. The molecule has 0 spiro atoms. The number of hydrogen-bond acceptors (Lipinski definition) is 3. The van der Waals surface area contributed by atoms with E-state index in [1.807, 2.05) is 5.32 Å². The predicted octanol–water partition coefficient (Wildman–Crippen LogP) is 2.55. The molecule has 126 valence electrons. The van der Waals surface area contributed by atoms with Gasteiger partial charge in [0.1, 0.15) is 17.7 Å². The Morgan fingerprint density at radius 3 is 2.33 bits per heavy atom. The number of hydrogen-bond donors (Lipinski definition) is 3. The lowest BCUT2D eigenvalue weighted by Gasteiger charge is -2.23. The maximum absolute atomic E-state index is 13.9. The van der Waals surface area contributed by atoms with E-state index in [1.165, 1.54) is 6.07 Å². The number of amides is 3. The summed E-state index contributed by atoms with van der Waals surface area (Å²) in [5.74, 6) is -2.07. The topological polar surface area (TPSA) is 84.2 Å². The van der Waals surface area contributed by atoms with Crippen molar-refractivity contribution in [3.05, 3.63) is 71.3 Å². The summed E-state index contributed by atoms with van der Waals surface area (Å²) in [7, 11) is 0. The maximum atomic E-state index is 13.9. The molecular weight excluding hydrogens is 316 g/mol. The van der Waals surface area contributed by atoms with Gasteiger partial charge < -0.3 is 5.73 Å². The highest BCUT2D eigenvalue weighted by atomic mass is 19.1. The van der Waals surface area contributed by atoms with Crippen LogP contribution in [0, 0.1) is 11.6 Å². The Balaban J connectivity index is 2.27. The molecule has 0 aliphatic heterocycles. The summed E-state index contributed by atoms with van der Waals surface area (Å²) in [5, 5.41) is 4.94. The van der Waals surface area contributed by atoms with E-state index in [4.69, 9.17) is 5.73 Å². The lowest BCUT2D eigenvalue weighted by Crippen LogP contribution is -2.43. The quantitative estimate of drug-likeness (QED) is 0.786. The van der Waals surface area contributed by atoms with Crippen LogP contribution in [-0.2, 0) is 4.79 Å². The number of benzene rings is 2.